The number of rotatable bonds is 4. The molecule has 3 aromatic rings. The van der Waals surface area contributed by atoms with Crippen molar-refractivity contribution in [1.29, 1.82) is 0 Å². The van der Waals surface area contributed by atoms with Gasteiger partial charge >= 0.3 is 5.97 Å². The molecule has 1 aromatic carbocycles. The predicted octanol–water partition coefficient (Wildman–Crippen LogP) is 4.29. The van der Waals surface area contributed by atoms with Crippen LogP contribution in [0, 0.1) is 0 Å². The van der Waals surface area contributed by atoms with Gasteiger partial charge in [0.15, 0.2) is 0 Å². The summed E-state index contributed by atoms with van der Waals surface area (Å²) in [4.78, 5) is 31.3. The molecule has 7 heteroatoms. The summed E-state index contributed by atoms with van der Waals surface area (Å²) < 4.78 is 0. The lowest BCUT2D eigenvalue weighted by Gasteiger charge is -2.08. The first-order chi connectivity index (χ1) is 11.4. The van der Waals surface area contributed by atoms with Crippen molar-refractivity contribution < 1.29 is 14.7 Å². The number of pyridine rings is 1. The average molecular weight is 363 g/mol. The number of nitrogens with zero attached hydrogens (tertiary/aromatic N) is 1. The third-order valence-corrected chi connectivity index (χ3v) is 4.26. The molecule has 0 aliphatic heterocycles. The number of hydrogen-bond acceptors (Lipinski definition) is 3. The molecule has 2 heterocycles. The van der Waals surface area contributed by atoms with E-state index in [9.17, 15) is 14.7 Å². The van der Waals surface area contributed by atoms with Crippen molar-refractivity contribution in [1.82, 2.24) is 9.97 Å². The van der Waals surface area contributed by atoms with Crippen LogP contribution in [-0.4, -0.2) is 26.8 Å². The van der Waals surface area contributed by atoms with Crippen molar-refractivity contribution in [2.45, 2.75) is 12.8 Å². The molecule has 2 N–H and O–H groups in total. The topological polar surface area (TPSA) is 83.0 Å². The average Bonchev–Trinajstić information content (AvgIpc) is 2.91. The van der Waals surface area contributed by atoms with Crippen LogP contribution < -0.4 is 0 Å². The Morgan fingerprint density at radius 3 is 2.54 bits per heavy atom. The second-order valence-electron chi connectivity index (χ2n) is 5.35. The lowest BCUT2D eigenvalue weighted by atomic mass is 9.95. The standard InChI is InChI=1S/C17H12Cl2N2O3/c1-8(17(23)24)14-11-3-2-9(18)6-12(11)21-15(14)16(22)13-7-10(19)4-5-20-13/h2-8,21H,1H3,(H,23,24). The van der Waals surface area contributed by atoms with Gasteiger partial charge in [0.05, 0.1) is 11.6 Å². The van der Waals surface area contributed by atoms with Crippen LogP contribution in [0.25, 0.3) is 10.9 Å². The molecule has 2 aromatic heterocycles. The van der Waals surface area contributed by atoms with Crippen LogP contribution >= 0.6 is 23.2 Å². The fourth-order valence-corrected chi connectivity index (χ4v) is 2.93. The number of nitrogens with one attached hydrogen (secondary N) is 1. The molecule has 122 valence electrons. The maximum absolute atomic E-state index is 12.8. The number of benzene rings is 1. The smallest absolute Gasteiger partial charge is 0.310 e. The lowest BCUT2D eigenvalue weighted by Crippen LogP contribution is -2.13. The Labute approximate surface area is 147 Å². The fourth-order valence-electron chi connectivity index (χ4n) is 2.60. The van der Waals surface area contributed by atoms with E-state index in [0.717, 1.165) is 0 Å². The van der Waals surface area contributed by atoms with Crippen molar-refractivity contribution in [2.24, 2.45) is 0 Å². The molecule has 0 spiro atoms. The van der Waals surface area contributed by atoms with E-state index in [0.29, 0.717) is 26.5 Å². The minimum Gasteiger partial charge on any atom is -0.481 e. The molecule has 1 atom stereocenters. The number of aromatic amines is 1. The third-order valence-electron chi connectivity index (χ3n) is 3.79. The van der Waals surface area contributed by atoms with Gasteiger partial charge in [0.2, 0.25) is 5.78 Å². The maximum Gasteiger partial charge on any atom is 0.310 e. The number of carboxylic acids is 1. The van der Waals surface area contributed by atoms with Gasteiger partial charge in [-0.2, -0.15) is 0 Å². The molecule has 0 fully saturated rings. The molecule has 3 rings (SSSR count). The van der Waals surface area contributed by atoms with Gasteiger partial charge in [0.25, 0.3) is 0 Å². The molecule has 0 aliphatic carbocycles. The van der Waals surface area contributed by atoms with E-state index in [4.69, 9.17) is 23.2 Å². The molecule has 0 saturated carbocycles. The summed E-state index contributed by atoms with van der Waals surface area (Å²) >= 11 is 11.9. The van der Waals surface area contributed by atoms with Crippen LogP contribution in [0.1, 0.15) is 34.6 Å². The number of carboxylic acid groups (broad SMARTS) is 1. The van der Waals surface area contributed by atoms with Gasteiger partial charge in [-0.05, 0) is 31.2 Å². The number of carbonyl (C=O) groups is 2. The highest BCUT2D eigenvalue weighted by atomic mass is 35.5. The number of aliphatic carboxylic acids is 1. The van der Waals surface area contributed by atoms with Crippen LogP contribution in [0.3, 0.4) is 0 Å². The fraction of sp³-hybridized carbons (Fsp3) is 0.118. The molecule has 24 heavy (non-hydrogen) atoms. The summed E-state index contributed by atoms with van der Waals surface area (Å²) in [6.07, 6.45) is 1.43. The monoisotopic (exact) mass is 362 g/mol. The lowest BCUT2D eigenvalue weighted by molar-refractivity contribution is -0.138. The zero-order chi connectivity index (χ0) is 17.4. The number of H-pyrrole nitrogens is 1. The van der Waals surface area contributed by atoms with E-state index >= 15 is 0 Å². The van der Waals surface area contributed by atoms with Crippen molar-refractivity contribution >= 4 is 45.9 Å². The largest absolute Gasteiger partial charge is 0.481 e. The molecule has 0 amide bonds. The van der Waals surface area contributed by atoms with E-state index < -0.39 is 17.7 Å². The number of aromatic nitrogens is 2. The van der Waals surface area contributed by atoms with Crippen molar-refractivity contribution in [2.75, 3.05) is 0 Å². The first kappa shape index (κ1) is 16.5. The van der Waals surface area contributed by atoms with Gasteiger partial charge in [0, 0.05) is 32.7 Å². The number of halogens is 2. The Kier molecular flexibility index (Phi) is 4.30. The number of hydrogen-bond donors (Lipinski definition) is 2. The van der Waals surface area contributed by atoms with Crippen LogP contribution in [0.2, 0.25) is 10.0 Å². The minimum absolute atomic E-state index is 0.138. The minimum atomic E-state index is -1.03. The normalized spacial score (nSPS) is 12.3. The number of carbonyl (C=O) groups excluding carboxylic acids is 1. The second kappa shape index (κ2) is 6.26. The Balaban J connectivity index is 2.24. The van der Waals surface area contributed by atoms with E-state index in [2.05, 4.69) is 9.97 Å². The zero-order valence-corrected chi connectivity index (χ0v) is 14.0. The molecule has 0 aliphatic rings. The van der Waals surface area contributed by atoms with E-state index in [1.807, 2.05) is 0 Å². The van der Waals surface area contributed by atoms with E-state index in [-0.39, 0.29) is 11.4 Å². The predicted molar refractivity (Wildman–Crippen MR) is 92.0 cm³/mol. The van der Waals surface area contributed by atoms with Gasteiger partial charge < -0.3 is 10.1 Å². The van der Waals surface area contributed by atoms with Gasteiger partial charge in [-0.25, -0.2) is 0 Å². The summed E-state index contributed by atoms with van der Waals surface area (Å²) in [6, 6.07) is 8.01. The highest BCUT2D eigenvalue weighted by molar-refractivity contribution is 6.31. The van der Waals surface area contributed by atoms with Gasteiger partial charge in [-0.1, -0.05) is 29.3 Å². The van der Waals surface area contributed by atoms with Gasteiger partial charge in [-0.3, -0.25) is 14.6 Å². The van der Waals surface area contributed by atoms with Crippen molar-refractivity contribution in [3.05, 3.63) is 63.5 Å². The SMILES string of the molecule is CC(C(=O)O)c1c(C(=O)c2cc(Cl)ccn2)[nH]c2cc(Cl)ccc12. The van der Waals surface area contributed by atoms with Gasteiger partial charge in [-0.15, -0.1) is 0 Å². The number of ketones is 1. The van der Waals surface area contributed by atoms with Crippen LogP contribution in [-0.2, 0) is 4.79 Å². The van der Waals surface area contributed by atoms with Crippen LogP contribution in [0.4, 0.5) is 0 Å². The molecular weight excluding hydrogens is 351 g/mol. The highest BCUT2D eigenvalue weighted by Crippen LogP contribution is 2.32. The Morgan fingerprint density at radius 1 is 1.17 bits per heavy atom. The molecule has 0 bridgehead atoms. The molecule has 0 radical (unpaired) electrons. The van der Waals surface area contributed by atoms with E-state index in [1.165, 1.54) is 19.2 Å². The summed E-state index contributed by atoms with van der Waals surface area (Å²) in [5, 5.41) is 10.9. The summed E-state index contributed by atoms with van der Waals surface area (Å²) in [6.45, 7) is 1.53. The van der Waals surface area contributed by atoms with Gasteiger partial charge in [0.1, 0.15) is 5.69 Å². The first-order valence-corrected chi connectivity index (χ1v) is 7.84. The zero-order valence-electron chi connectivity index (χ0n) is 12.5. The Hall–Kier alpha value is -2.37. The first-order valence-electron chi connectivity index (χ1n) is 7.08. The van der Waals surface area contributed by atoms with E-state index in [1.54, 1.807) is 24.3 Å². The molecule has 1 unspecified atom stereocenters. The molecular formula is C17H12Cl2N2O3. The Bertz CT molecular complexity index is 966. The van der Waals surface area contributed by atoms with Crippen LogP contribution in [0.15, 0.2) is 36.5 Å². The second-order valence-corrected chi connectivity index (χ2v) is 6.22. The Morgan fingerprint density at radius 2 is 1.88 bits per heavy atom. The summed E-state index contributed by atoms with van der Waals surface area (Å²) in [5.41, 5.74) is 1.31. The molecule has 0 saturated heterocycles. The molecule has 5 nitrogen and oxygen atoms in total. The summed E-state index contributed by atoms with van der Waals surface area (Å²) in [5.74, 6) is -2.33. The highest BCUT2D eigenvalue weighted by Gasteiger charge is 2.27. The summed E-state index contributed by atoms with van der Waals surface area (Å²) in [7, 11) is 0. The van der Waals surface area contributed by atoms with Crippen molar-refractivity contribution in [3.63, 3.8) is 0 Å². The number of fused-ring (bicyclic) bond motifs is 1. The maximum atomic E-state index is 12.8. The van der Waals surface area contributed by atoms with Crippen LogP contribution in [0.5, 0.6) is 0 Å². The quantitative estimate of drug-likeness (QED) is 0.678. The third kappa shape index (κ3) is 2.88. The van der Waals surface area contributed by atoms with Crippen molar-refractivity contribution in [3.8, 4) is 0 Å².